The highest BCUT2D eigenvalue weighted by molar-refractivity contribution is 6.31. The van der Waals surface area contributed by atoms with Gasteiger partial charge in [0, 0.05) is 17.7 Å². The van der Waals surface area contributed by atoms with Crippen molar-refractivity contribution < 1.29 is 14.8 Å². The van der Waals surface area contributed by atoms with Gasteiger partial charge in [0.05, 0.1) is 9.95 Å². The standard InChI is InChI=1S/C13H10ClNO4/c14-13-7-10(15(17)18)2-1-9(13)8-19-12-5-3-11(16)4-6-12/h1-7,16H,8H2. The first-order chi connectivity index (χ1) is 9.06. The largest absolute Gasteiger partial charge is 0.508 e. The lowest BCUT2D eigenvalue weighted by Gasteiger charge is -2.07. The molecule has 98 valence electrons. The minimum Gasteiger partial charge on any atom is -0.508 e. The lowest BCUT2D eigenvalue weighted by Crippen LogP contribution is -1.97. The number of phenols is 1. The van der Waals surface area contributed by atoms with Gasteiger partial charge in [0.1, 0.15) is 18.1 Å². The molecule has 0 spiro atoms. The molecule has 0 bridgehead atoms. The van der Waals surface area contributed by atoms with Gasteiger partial charge in [0.15, 0.2) is 0 Å². The van der Waals surface area contributed by atoms with Crippen molar-refractivity contribution in [2.75, 3.05) is 0 Å². The Labute approximate surface area is 114 Å². The number of hydrogen-bond donors (Lipinski definition) is 1. The molecule has 2 aromatic rings. The van der Waals surface area contributed by atoms with Crippen molar-refractivity contribution in [3.05, 3.63) is 63.2 Å². The van der Waals surface area contributed by atoms with Crippen molar-refractivity contribution in [3.8, 4) is 11.5 Å². The summed E-state index contributed by atoms with van der Waals surface area (Å²) in [5.41, 5.74) is 0.596. The van der Waals surface area contributed by atoms with Crippen LogP contribution in [0.5, 0.6) is 11.5 Å². The molecule has 0 saturated heterocycles. The zero-order chi connectivity index (χ0) is 13.8. The predicted octanol–water partition coefficient (Wildman–Crippen LogP) is 3.53. The highest BCUT2D eigenvalue weighted by atomic mass is 35.5. The zero-order valence-electron chi connectivity index (χ0n) is 9.75. The predicted molar refractivity (Wildman–Crippen MR) is 70.5 cm³/mol. The molecule has 0 aliphatic rings. The van der Waals surface area contributed by atoms with Gasteiger partial charge in [0.25, 0.3) is 5.69 Å². The smallest absolute Gasteiger partial charge is 0.270 e. The van der Waals surface area contributed by atoms with Gasteiger partial charge >= 0.3 is 0 Å². The maximum Gasteiger partial charge on any atom is 0.270 e. The molecule has 2 rings (SSSR count). The van der Waals surface area contributed by atoms with Crippen LogP contribution in [-0.2, 0) is 6.61 Å². The summed E-state index contributed by atoms with van der Waals surface area (Å²) in [7, 11) is 0. The SMILES string of the molecule is O=[N+]([O-])c1ccc(COc2ccc(O)cc2)c(Cl)c1. The van der Waals surface area contributed by atoms with Crippen molar-refractivity contribution in [1.29, 1.82) is 0 Å². The monoisotopic (exact) mass is 279 g/mol. The van der Waals surface area contributed by atoms with Crippen LogP contribution in [0.2, 0.25) is 5.02 Å². The zero-order valence-corrected chi connectivity index (χ0v) is 10.5. The second-order valence-corrected chi connectivity index (χ2v) is 4.22. The highest BCUT2D eigenvalue weighted by Crippen LogP contribution is 2.24. The summed E-state index contributed by atoms with van der Waals surface area (Å²) in [5.74, 6) is 0.730. The molecule has 1 N–H and O–H groups in total. The van der Waals surface area contributed by atoms with Crippen LogP contribution in [0, 0.1) is 10.1 Å². The van der Waals surface area contributed by atoms with Crippen molar-refractivity contribution in [2.45, 2.75) is 6.61 Å². The van der Waals surface area contributed by atoms with E-state index in [-0.39, 0.29) is 23.1 Å². The maximum absolute atomic E-state index is 10.6. The van der Waals surface area contributed by atoms with Gasteiger partial charge in [-0.15, -0.1) is 0 Å². The van der Waals surface area contributed by atoms with Crippen LogP contribution >= 0.6 is 11.6 Å². The van der Waals surface area contributed by atoms with Crippen molar-refractivity contribution >= 4 is 17.3 Å². The second-order valence-electron chi connectivity index (χ2n) is 3.82. The van der Waals surface area contributed by atoms with Gasteiger partial charge < -0.3 is 9.84 Å². The van der Waals surface area contributed by atoms with Gasteiger partial charge in [-0.25, -0.2) is 0 Å². The first-order valence-corrected chi connectivity index (χ1v) is 5.79. The molecule has 0 aromatic heterocycles. The molecule has 0 aliphatic heterocycles. The maximum atomic E-state index is 10.6. The molecule has 0 heterocycles. The summed E-state index contributed by atoms with van der Waals surface area (Å²) in [5, 5.41) is 20.0. The molecule has 0 saturated carbocycles. The van der Waals surface area contributed by atoms with Crippen LogP contribution < -0.4 is 4.74 Å². The molecule has 0 atom stereocenters. The van der Waals surface area contributed by atoms with Crippen LogP contribution in [0.4, 0.5) is 5.69 Å². The van der Waals surface area contributed by atoms with E-state index in [4.69, 9.17) is 21.4 Å². The lowest BCUT2D eigenvalue weighted by molar-refractivity contribution is -0.384. The molecule has 0 amide bonds. The number of nitro groups is 1. The summed E-state index contributed by atoms with van der Waals surface area (Å²) in [6.07, 6.45) is 0. The number of halogens is 1. The van der Waals surface area contributed by atoms with Gasteiger partial charge in [-0.05, 0) is 30.3 Å². The number of hydrogen-bond acceptors (Lipinski definition) is 4. The van der Waals surface area contributed by atoms with Crippen molar-refractivity contribution in [3.63, 3.8) is 0 Å². The van der Waals surface area contributed by atoms with E-state index in [1.54, 1.807) is 18.2 Å². The molecule has 0 aliphatic carbocycles. The van der Waals surface area contributed by atoms with E-state index < -0.39 is 4.92 Å². The number of phenolic OH excluding ortho intramolecular Hbond substituents is 1. The fourth-order valence-electron chi connectivity index (χ4n) is 1.47. The van der Waals surface area contributed by atoms with E-state index in [0.29, 0.717) is 11.3 Å². The van der Waals surface area contributed by atoms with E-state index in [1.165, 1.54) is 24.3 Å². The lowest BCUT2D eigenvalue weighted by atomic mass is 10.2. The summed E-state index contributed by atoms with van der Waals surface area (Å²) in [6.45, 7) is 0.196. The Morgan fingerprint density at radius 2 is 1.89 bits per heavy atom. The topological polar surface area (TPSA) is 72.6 Å². The van der Waals surface area contributed by atoms with Crippen LogP contribution in [0.1, 0.15) is 5.56 Å². The van der Waals surface area contributed by atoms with Crippen molar-refractivity contribution in [2.24, 2.45) is 0 Å². The van der Waals surface area contributed by atoms with Crippen LogP contribution in [-0.4, -0.2) is 10.0 Å². The quantitative estimate of drug-likeness (QED) is 0.686. The molecule has 0 radical (unpaired) electrons. The fourth-order valence-corrected chi connectivity index (χ4v) is 1.70. The van der Waals surface area contributed by atoms with Gasteiger partial charge in [0.2, 0.25) is 0 Å². The Balaban J connectivity index is 2.07. The fraction of sp³-hybridized carbons (Fsp3) is 0.0769. The summed E-state index contributed by atoms with van der Waals surface area (Å²) < 4.78 is 5.46. The van der Waals surface area contributed by atoms with E-state index >= 15 is 0 Å². The van der Waals surface area contributed by atoms with Gasteiger partial charge in [-0.2, -0.15) is 0 Å². The Bertz CT molecular complexity index is 598. The number of aromatic hydroxyl groups is 1. The third kappa shape index (κ3) is 3.35. The van der Waals surface area contributed by atoms with Crippen LogP contribution in [0.15, 0.2) is 42.5 Å². The molecule has 19 heavy (non-hydrogen) atoms. The number of rotatable bonds is 4. The molecular weight excluding hydrogens is 270 g/mol. The Kier molecular flexibility index (Phi) is 3.87. The molecule has 2 aromatic carbocycles. The minimum atomic E-state index is -0.503. The number of nitro benzene ring substituents is 1. The van der Waals surface area contributed by atoms with Crippen molar-refractivity contribution in [1.82, 2.24) is 0 Å². The number of benzene rings is 2. The summed E-state index contributed by atoms with van der Waals surface area (Å²) >= 11 is 5.94. The van der Waals surface area contributed by atoms with E-state index in [0.717, 1.165) is 0 Å². The van der Waals surface area contributed by atoms with Gasteiger partial charge in [-0.1, -0.05) is 11.6 Å². The summed E-state index contributed by atoms with van der Waals surface area (Å²) in [4.78, 5) is 10.1. The number of ether oxygens (including phenoxy) is 1. The minimum absolute atomic E-state index is 0.0571. The average molecular weight is 280 g/mol. The Morgan fingerprint density at radius 1 is 1.21 bits per heavy atom. The van der Waals surface area contributed by atoms with Crippen LogP contribution in [0.25, 0.3) is 0 Å². The highest BCUT2D eigenvalue weighted by Gasteiger charge is 2.09. The number of nitrogens with zero attached hydrogens (tertiary/aromatic N) is 1. The summed E-state index contributed by atoms with van der Waals surface area (Å²) in [6, 6.07) is 10.5. The third-order valence-electron chi connectivity index (χ3n) is 2.48. The number of non-ortho nitro benzene ring substituents is 1. The molecular formula is C13H10ClNO4. The molecule has 5 nitrogen and oxygen atoms in total. The molecule has 6 heteroatoms. The molecule has 0 unspecified atom stereocenters. The van der Waals surface area contributed by atoms with E-state index in [1.807, 2.05) is 0 Å². The molecule has 0 fully saturated rings. The Morgan fingerprint density at radius 3 is 2.47 bits per heavy atom. The Hall–Kier alpha value is -2.27. The van der Waals surface area contributed by atoms with E-state index in [9.17, 15) is 10.1 Å². The first kappa shape index (κ1) is 13.2. The third-order valence-corrected chi connectivity index (χ3v) is 2.83. The first-order valence-electron chi connectivity index (χ1n) is 5.41. The average Bonchev–Trinajstić information content (AvgIpc) is 2.39. The second kappa shape index (κ2) is 5.58. The van der Waals surface area contributed by atoms with Crippen LogP contribution in [0.3, 0.4) is 0 Å². The van der Waals surface area contributed by atoms with Gasteiger partial charge in [-0.3, -0.25) is 10.1 Å². The van der Waals surface area contributed by atoms with E-state index in [2.05, 4.69) is 0 Å². The normalized spacial score (nSPS) is 10.2.